The molecular weight excluding hydrogens is 342 g/mol. The average molecular weight is 358 g/mol. The van der Waals surface area contributed by atoms with Crippen molar-refractivity contribution in [2.24, 2.45) is 0 Å². The first-order valence-electron chi connectivity index (χ1n) is 6.83. The number of carbonyl (C=O) groups is 1. The van der Waals surface area contributed by atoms with E-state index in [0.717, 1.165) is 15.7 Å². The molecule has 0 aliphatic heterocycles. The summed E-state index contributed by atoms with van der Waals surface area (Å²) in [6.45, 7) is 3.79. The Kier molecular flexibility index (Phi) is 5.18. The first-order chi connectivity index (χ1) is 10.5. The number of hydrogen-bond acceptors (Lipinski definition) is 3. The van der Waals surface area contributed by atoms with Gasteiger partial charge in [0.25, 0.3) is 0 Å². The maximum Gasteiger partial charge on any atom is 0.246 e. The molecule has 0 unspecified atom stereocenters. The Balaban J connectivity index is 2.02. The van der Waals surface area contributed by atoms with Gasteiger partial charge in [-0.3, -0.25) is 4.79 Å². The highest BCUT2D eigenvalue weighted by molar-refractivity contribution is 9.10. The van der Waals surface area contributed by atoms with Crippen molar-refractivity contribution in [3.8, 4) is 6.07 Å². The van der Waals surface area contributed by atoms with Crippen LogP contribution in [0.3, 0.4) is 0 Å². The lowest BCUT2D eigenvalue weighted by Gasteiger charge is -2.16. The van der Waals surface area contributed by atoms with Crippen molar-refractivity contribution in [3.63, 3.8) is 0 Å². The van der Waals surface area contributed by atoms with Crippen LogP contribution in [0.1, 0.15) is 18.1 Å². The molecule has 0 saturated carbocycles. The second kappa shape index (κ2) is 7.10. The van der Waals surface area contributed by atoms with E-state index in [2.05, 4.69) is 26.6 Å². The zero-order valence-corrected chi connectivity index (χ0v) is 13.9. The molecule has 2 N–H and O–H groups in total. The van der Waals surface area contributed by atoms with Crippen LogP contribution in [-0.2, 0) is 4.79 Å². The monoisotopic (exact) mass is 357 g/mol. The molecule has 1 amide bonds. The first kappa shape index (κ1) is 16.1. The van der Waals surface area contributed by atoms with Crippen LogP contribution in [0.4, 0.5) is 11.4 Å². The highest BCUT2D eigenvalue weighted by Crippen LogP contribution is 2.20. The van der Waals surface area contributed by atoms with Gasteiger partial charge in [0.2, 0.25) is 5.91 Å². The molecule has 2 rings (SSSR count). The molecule has 22 heavy (non-hydrogen) atoms. The van der Waals surface area contributed by atoms with Crippen LogP contribution >= 0.6 is 15.9 Å². The Hall–Kier alpha value is -2.32. The van der Waals surface area contributed by atoms with Crippen LogP contribution in [0.15, 0.2) is 46.9 Å². The van der Waals surface area contributed by atoms with Crippen molar-refractivity contribution in [1.29, 1.82) is 5.26 Å². The number of rotatable bonds is 4. The summed E-state index contributed by atoms with van der Waals surface area (Å²) in [5.41, 5.74) is 3.11. The van der Waals surface area contributed by atoms with E-state index in [1.165, 1.54) is 0 Å². The third-order valence-electron chi connectivity index (χ3n) is 3.19. The van der Waals surface area contributed by atoms with Crippen molar-refractivity contribution in [1.82, 2.24) is 0 Å². The van der Waals surface area contributed by atoms with Gasteiger partial charge in [-0.05, 0) is 55.8 Å². The molecule has 0 radical (unpaired) electrons. The fraction of sp³-hybridized carbons (Fsp3) is 0.176. The highest BCUT2D eigenvalue weighted by atomic mass is 79.9. The van der Waals surface area contributed by atoms with Gasteiger partial charge < -0.3 is 10.6 Å². The molecule has 1 atom stereocenters. The topological polar surface area (TPSA) is 64.9 Å². The summed E-state index contributed by atoms with van der Waals surface area (Å²) in [6.07, 6.45) is 0. The molecule has 2 aromatic rings. The standard InChI is InChI=1S/C17H16BrN3O/c1-11-8-15(6-7-16(11)18)20-12(2)17(22)21-14-5-3-4-13(9-14)10-19/h3-9,12,20H,1-2H3,(H,21,22)/t12-/m1/s1. The fourth-order valence-corrected chi connectivity index (χ4v) is 2.21. The first-order valence-corrected chi connectivity index (χ1v) is 7.62. The van der Waals surface area contributed by atoms with Crippen LogP contribution < -0.4 is 10.6 Å². The molecule has 0 fully saturated rings. The summed E-state index contributed by atoms with van der Waals surface area (Å²) in [7, 11) is 0. The zero-order chi connectivity index (χ0) is 16.1. The van der Waals surface area contributed by atoms with Gasteiger partial charge in [-0.15, -0.1) is 0 Å². The van der Waals surface area contributed by atoms with Crippen molar-refractivity contribution in [2.75, 3.05) is 10.6 Å². The van der Waals surface area contributed by atoms with Crippen LogP contribution in [0.5, 0.6) is 0 Å². The molecule has 0 aliphatic carbocycles. The number of halogens is 1. The predicted octanol–water partition coefficient (Wildman–Crippen LogP) is 4.07. The van der Waals surface area contributed by atoms with Gasteiger partial charge in [-0.2, -0.15) is 5.26 Å². The highest BCUT2D eigenvalue weighted by Gasteiger charge is 2.13. The fourth-order valence-electron chi connectivity index (χ4n) is 1.97. The maximum absolute atomic E-state index is 12.2. The third kappa shape index (κ3) is 4.09. The molecule has 112 valence electrons. The normalized spacial score (nSPS) is 11.4. The van der Waals surface area contributed by atoms with Crippen molar-refractivity contribution >= 4 is 33.2 Å². The van der Waals surface area contributed by atoms with Gasteiger partial charge in [0.05, 0.1) is 11.6 Å². The molecule has 5 heteroatoms. The lowest BCUT2D eigenvalue weighted by molar-refractivity contribution is -0.116. The van der Waals surface area contributed by atoms with Crippen LogP contribution in [0, 0.1) is 18.3 Å². The van der Waals surface area contributed by atoms with E-state index in [9.17, 15) is 4.79 Å². The number of nitrogens with zero attached hydrogens (tertiary/aromatic N) is 1. The molecule has 0 aromatic heterocycles. The van der Waals surface area contributed by atoms with E-state index < -0.39 is 6.04 Å². The van der Waals surface area contributed by atoms with Gasteiger partial charge in [0, 0.05) is 15.8 Å². The zero-order valence-electron chi connectivity index (χ0n) is 12.4. The minimum atomic E-state index is -0.397. The molecule has 0 bridgehead atoms. The number of benzene rings is 2. The van der Waals surface area contributed by atoms with Crippen molar-refractivity contribution < 1.29 is 4.79 Å². The number of anilines is 2. The van der Waals surface area contributed by atoms with Crippen molar-refractivity contribution in [2.45, 2.75) is 19.9 Å². The second-order valence-electron chi connectivity index (χ2n) is 5.01. The SMILES string of the molecule is Cc1cc(N[C@H](C)C(=O)Nc2cccc(C#N)c2)ccc1Br. The smallest absolute Gasteiger partial charge is 0.246 e. The number of nitrogens with one attached hydrogen (secondary N) is 2. The van der Waals surface area contributed by atoms with Gasteiger partial charge in [-0.1, -0.05) is 22.0 Å². The predicted molar refractivity (Wildman–Crippen MR) is 91.8 cm³/mol. The lowest BCUT2D eigenvalue weighted by atomic mass is 10.2. The lowest BCUT2D eigenvalue weighted by Crippen LogP contribution is -2.31. The number of carbonyl (C=O) groups excluding carboxylic acids is 1. The summed E-state index contributed by atoms with van der Waals surface area (Å²) < 4.78 is 1.03. The summed E-state index contributed by atoms with van der Waals surface area (Å²) in [5, 5.41) is 14.8. The van der Waals surface area contributed by atoms with E-state index in [4.69, 9.17) is 5.26 Å². The molecule has 0 saturated heterocycles. The van der Waals surface area contributed by atoms with Gasteiger partial charge >= 0.3 is 0 Å². The Morgan fingerprint density at radius 1 is 1.23 bits per heavy atom. The molecule has 2 aromatic carbocycles. The van der Waals surface area contributed by atoms with Gasteiger partial charge in [0.1, 0.15) is 6.04 Å². The minimum absolute atomic E-state index is 0.157. The van der Waals surface area contributed by atoms with E-state index >= 15 is 0 Å². The number of hydrogen-bond donors (Lipinski definition) is 2. The van der Waals surface area contributed by atoms with Crippen LogP contribution in [-0.4, -0.2) is 11.9 Å². The quantitative estimate of drug-likeness (QED) is 0.866. The van der Waals surface area contributed by atoms with Crippen LogP contribution in [0.25, 0.3) is 0 Å². The van der Waals surface area contributed by atoms with E-state index in [-0.39, 0.29) is 5.91 Å². The molecule has 0 spiro atoms. The summed E-state index contributed by atoms with van der Waals surface area (Å²) in [5.74, 6) is -0.157. The Morgan fingerprint density at radius 2 is 2.00 bits per heavy atom. The summed E-state index contributed by atoms with van der Waals surface area (Å²) in [6, 6.07) is 14.3. The van der Waals surface area contributed by atoms with E-state index in [1.54, 1.807) is 31.2 Å². The van der Waals surface area contributed by atoms with Gasteiger partial charge in [-0.25, -0.2) is 0 Å². The minimum Gasteiger partial charge on any atom is -0.374 e. The summed E-state index contributed by atoms with van der Waals surface area (Å²) in [4.78, 5) is 12.2. The number of nitriles is 1. The van der Waals surface area contributed by atoms with Crippen LogP contribution in [0.2, 0.25) is 0 Å². The number of amides is 1. The van der Waals surface area contributed by atoms with Gasteiger partial charge in [0.15, 0.2) is 0 Å². The molecule has 4 nitrogen and oxygen atoms in total. The molecule has 0 aliphatic rings. The average Bonchev–Trinajstić information content (AvgIpc) is 2.51. The number of aryl methyl sites for hydroxylation is 1. The van der Waals surface area contributed by atoms with E-state index in [0.29, 0.717) is 11.3 Å². The Labute approximate surface area is 138 Å². The van der Waals surface area contributed by atoms with Crippen molar-refractivity contribution in [3.05, 3.63) is 58.1 Å². The Bertz CT molecular complexity index is 737. The molecule has 0 heterocycles. The molecular formula is C17H16BrN3O. The third-order valence-corrected chi connectivity index (χ3v) is 4.08. The maximum atomic E-state index is 12.2. The second-order valence-corrected chi connectivity index (χ2v) is 5.87. The Morgan fingerprint density at radius 3 is 2.68 bits per heavy atom. The summed E-state index contributed by atoms with van der Waals surface area (Å²) >= 11 is 3.45. The van der Waals surface area contributed by atoms with E-state index in [1.807, 2.05) is 31.2 Å². The largest absolute Gasteiger partial charge is 0.374 e.